The Bertz CT molecular complexity index is 1380. The molecule has 6 rings (SSSR count). The number of amidine groups is 1. The van der Waals surface area contributed by atoms with Crippen molar-refractivity contribution in [3.8, 4) is 17.2 Å². The minimum absolute atomic E-state index is 0.00148. The summed E-state index contributed by atoms with van der Waals surface area (Å²) in [5, 5.41) is 9.00. The standard InChI is InChI=1S/C32H40FN3O4/c1-7-39-25-14-21-26(27(33)29(25)40-8-2)30(34)36(32(21)9-10-32)17-24(37)18-12-22(31(3,4)5)28(38-6)23(13-18)35-15-19-11-20(19)16-35/h12-14,19-20,34H,7-11,15-17H2,1-6H3/t19-,20+. The number of nitrogens with one attached hydrogen (secondary N) is 1. The number of fused-ring (bicyclic) bond motifs is 3. The molecule has 8 heteroatoms. The van der Waals surface area contributed by atoms with Crippen molar-refractivity contribution in [1.29, 1.82) is 5.41 Å². The van der Waals surface area contributed by atoms with E-state index in [0.29, 0.717) is 17.9 Å². The number of carbonyl (C=O) groups is 1. The molecular weight excluding hydrogens is 509 g/mol. The molecule has 214 valence electrons. The zero-order valence-electron chi connectivity index (χ0n) is 24.4. The molecule has 40 heavy (non-hydrogen) atoms. The number of anilines is 1. The Morgan fingerprint density at radius 2 is 1.75 bits per heavy atom. The molecule has 0 bridgehead atoms. The summed E-state index contributed by atoms with van der Waals surface area (Å²) in [4.78, 5) is 18.2. The number of ether oxygens (including phenoxy) is 3. The largest absolute Gasteiger partial charge is 0.494 e. The number of methoxy groups -OCH3 is 1. The Morgan fingerprint density at radius 1 is 1.07 bits per heavy atom. The van der Waals surface area contributed by atoms with Gasteiger partial charge in [-0.05, 0) is 74.1 Å². The molecule has 0 unspecified atom stereocenters. The summed E-state index contributed by atoms with van der Waals surface area (Å²) < 4.78 is 33.1. The van der Waals surface area contributed by atoms with Crippen molar-refractivity contribution in [3.63, 3.8) is 0 Å². The Kier molecular flexibility index (Phi) is 6.31. The molecule has 2 aromatic rings. The zero-order valence-corrected chi connectivity index (χ0v) is 24.4. The molecule has 2 saturated carbocycles. The minimum Gasteiger partial charge on any atom is -0.494 e. The smallest absolute Gasteiger partial charge is 0.197 e. The monoisotopic (exact) mass is 549 g/mol. The lowest BCUT2D eigenvalue weighted by Gasteiger charge is -2.30. The summed E-state index contributed by atoms with van der Waals surface area (Å²) >= 11 is 0. The van der Waals surface area contributed by atoms with Gasteiger partial charge in [-0.3, -0.25) is 10.2 Å². The van der Waals surface area contributed by atoms with Crippen molar-refractivity contribution in [3.05, 3.63) is 46.3 Å². The minimum atomic E-state index is -0.580. The van der Waals surface area contributed by atoms with E-state index >= 15 is 4.39 Å². The molecule has 1 N–H and O–H groups in total. The van der Waals surface area contributed by atoms with Crippen molar-refractivity contribution in [2.24, 2.45) is 11.8 Å². The predicted molar refractivity (Wildman–Crippen MR) is 153 cm³/mol. The first-order valence-corrected chi connectivity index (χ1v) is 14.5. The van der Waals surface area contributed by atoms with E-state index in [1.807, 2.05) is 25.1 Å². The van der Waals surface area contributed by atoms with Crippen LogP contribution in [0.1, 0.15) is 80.9 Å². The fourth-order valence-electron chi connectivity index (χ4n) is 6.74. The average Bonchev–Trinajstić information content (AvgIpc) is 3.82. The molecule has 0 amide bonds. The lowest BCUT2D eigenvalue weighted by Crippen LogP contribution is -2.38. The van der Waals surface area contributed by atoms with Crippen LogP contribution in [0.3, 0.4) is 0 Å². The van der Waals surface area contributed by atoms with Crippen LogP contribution in [0.15, 0.2) is 18.2 Å². The third kappa shape index (κ3) is 4.13. The topological polar surface area (TPSA) is 75.1 Å². The van der Waals surface area contributed by atoms with E-state index in [2.05, 4.69) is 25.7 Å². The quantitative estimate of drug-likeness (QED) is 0.393. The molecule has 2 aromatic carbocycles. The van der Waals surface area contributed by atoms with Crippen LogP contribution in [0, 0.1) is 23.1 Å². The number of ketones is 1. The summed E-state index contributed by atoms with van der Waals surface area (Å²) in [6.07, 6.45) is 2.80. The lowest BCUT2D eigenvalue weighted by atomic mass is 9.84. The number of hydrogen-bond acceptors (Lipinski definition) is 6. The molecular formula is C32H40FN3O4. The predicted octanol–water partition coefficient (Wildman–Crippen LogP) is 5.90. The van der Waals surface area contributed by atoms with E-state index in [9.17, 15) is 4.79 Å². The van der Waals surface area contributed by atoms with Gasteiger partial charge in [0.1, 0.15) is 11.6 Å². The number of hydrogen-bond donors (Lipinski definition) is 1. The summed E-state index contributed by atoms with van der Waals surface area (Å²) in [6.45, 7) is 12.7. The van der Waals surface area contributed by atoms with Gasteiger partial charge in [-0.15, -0.1) is 0 Å². The van der Waals surface area contributed by atoms with Crippen LogP contribution in [-0.4, -0.2) is 56.5 Å². The summed E-state index contributed by atoms with van der Waals surface area (Å²) in [6, 6.07) is 5.74. The molecule has 2 heterocycles. The molecule has 2 atom stereocenters. The number of benzene rings is 2. The number of carbonyl (C=O) groups excluding carboxylic acids is 1. The second-order valence-electron chi connectivity index (χ2n) is 12.7. The van der Waals surface area contributed by atoms with E-state index < -0.39 is 11.4 Å². The highest BCUT2D eigenvalue weighted by molar-refractivity contribution is 6.08. The van der Waals surface area contributed by atoms with Crippen LogP contribution in [0.4, 0.5) is 10.1 Å². The summed E-state index contributed by atoms with van der Waals surface area (Å²) in [5.74, 6) is 2.06. The van der Waals surface area contributed by atoms with Crippen LogP contribution in [0.2, 0.25) is 0 Å². The second-order valence-corrected chi connectivity index (χ2v) is 12.7. The van der Waals surface area contributed by atoms with E-state index in [0.717, 1.165) is 60.3 Å². The highest BCUT2D eigenvalue weighted by Crippen LogP contribution is 2.59. The third-order valence-corrected chi connectivity index (χ3v) is 9.05. The van der Waals surface area contributed by atoms with Crippen molar-refractivity contribution < 1.29 is 23.4 Å². The van der Waals surface area contributed by atoms with Gasteiger partial charge in [0.05, 0.1) is 43.7 Å². The van der Waals surface area contributed by atoms with Crippen LogP contribution in [0.25, 0.3) is 0 Å². The normalized spacial score (nSPS) is 21.9. The molecule has 2 aliphatic carbocycles. The fraction of sp³-hybridized carbons (Fsp3) is 0.562. The molecule has 4 aliphatic rings. The SMILES string of the molecule is CCOc1cc2c(c(F)c1OCC)C(=N)N(CC(=O)c1cc(N3C[C@H]4C[C@H]4C3)c(OC)c(C(C)(C)C)c1)C21CC1. The van der Waals surface area contributed by atoms with E-state index in [1.165, 1.54) is 6.42 Å². The van der Waals surface area contributed by atoms with E-state index in [-0.39, 0.29) is 41.5 Å². The molecule has 1 spiro atoms. The van der Waals surface area contributed by atoms with E-state index in [4.69, 9.17) is 19.6 Å². The third-order valence-electron chi connectivity index (χ3n) is 9.05. The molecule has 0 radical (unpaired) electrons. The first-order valence-electron chi connectivity index (χ1n) is 14.5. The van der Waals surface area contributed by atoms with Crippen molar-refractivity contribution >= 4 is 17.3 Å². The van der Waals surface area contributed by atoms with Crippen LogP contribution >= 0.6 is 0 Å². The van der Waals surface area contributed by atoms with Crippen LogP contribution in [-0.2, 0) is 11.0 Å². The van der Waals surface area contributed by atoms with Crippen molar-refractivity contribution in [2.75, 3.05) is 44.9 Å². The lowest BCUT2D eigenvalue weighted by molar-refractivity contribution is 0.0943. The van der Waals surface area contributed by atoms with Gasteiger partial charge in [0.2, 0.25) is 0 Å². The number of rotatable bonds is 9. The summed E-state index contributed by atoms with van der Waals surface area (Å²) in [5.41, 5.74) is 2.72. The van der Waals surface area contributed by atoms with Gasteiger partial charge < -0.3 is 24.0 Å². The van der Waals surface area contributed by atoms with Gasteiger partial charge in [-0.2, -0.15) is 0 Å². The Labute approximate surface area is 236 Å². The number of piperidine rings is 1. The van der Waals surface area contributed by atoms with E-state index in [1.54, 1.807) is 18.9 Å². The van der Waals surface area contributed by atoms with Gasteiger partial charge in [0, 0.05) is 24.2 Å². The second kappa shape index (κ2) is 9.38. The maximum absolute atomic E-state index is 15.9. The molecule has 3 fully saturated rings. The van der Waals surface area contributed by atoms with Gasteiger partial charge in [0.15, 0.2) is 23.1 Å². The summed E-state index contributed by atoms with van der Waals surface area (Å²) in [7, 11) is 1.70. The Morgan fingerprint density at radius 3 is 2.33 bits per heavy atom. The Hall–Kier alpha value is -3.29. The van der Waals surface area contributed by atoms with Crippen LogP contribution < -0.4 is 19.1 Å². The maximum Gasteiger partial charge on any atom is 0.197 e. The van der Waals surface area contributed by atoms with Gasteiger partial charge in [0.25, 0.3) is 0 Å². The maximum atomic E-state index is 15.9. The molecule has 2 aliphatic heterocycles. The van der Waals surface area contributed by atoms with Crippen molar-refractivity contribution in [2.45, 2.75) is 64.8 Å². The zero-order chi connectivity index (χ0) is 28.6. The number of nitrogens with zero attached hydrogens (tertiary/aromatic N) is 2. The number of Topliss-reactive ketones (excluding diaryl/α,β-unsaturated/α-hetero) is 1. The molecule has 7 nitrogen and oxygen atoms in total. The van der Waals surface area contributed by atoms with Gasteiger partial charge in [-0.1, -0.05) is 20.8 Å². The highest BCUT2D eigenvalue weighted by atomic mass is 19.1. The average molecular weight is 550 g/mol. The van der Waals surface area contributed by atoms with Gasteiger partial charge in [-0.25, -0.2) is 4.39 Å². The van der Waals surface area contributed by atoms with Crippen molar-refractivity contribution in [1.82, 2.24) is 4.90 Å². The first kappa shape index (κ1) is 26.9. The Balaban J connectivity index is 1.36. The van der Waals surface area contributed by atoms with Crippen LogP contribution in [0.5, 0.6) is 17.2 Å². The first-order chi connectivity index (χ1) is 19.0. The highest BCUT2D eigenvalue weighted by Gasteiger charge is 2.58. The van der Waals surface area contributed by atoms with Gasteiger partial charge >= 0.3 is 0 Å². The number of halogens is 1. The molecule has 0 aromatic heterocycles. The fourth-order valence-corrected chi connectivity index (χ4v) is 6.74. The molecule has 1 saturated heterocycles.